The third-order valence-electron chi connectivity index (χ3n) is 4.38. The number of nitrogens with zero attached hydrogens (tertiary/aromatic N) is 1. The largest absolute Gasteiger partial charge is 0.450 e. The van der Waals surface area contributed by atoms with Gasteiger partial charge in [0.1, 0.15) is 18.5 Å². The number of carbonyl (C=O) groups is 3. The number of hydrogen-bond donors (Lipinski definition) is 2. The number of rotatable bonds is 13. The summed E-state index contributed by atoms with van der Waals surface area (Å²) in [5, 5.41) is 5.08. The molecule has 0 aliphatic carbocycles. The van der Waals surface area contributed by atoms with E-state index in [-0.39, 0.29) is 12.2 Å². The second kappa shape index (κ2) is 13.2. The Balaban J connectivity index is 2.53. The van der Waals surface area contributed by atoms with Crippen molar-refractivity contribution >= 4 is 45.4 Å². The Morgan fingerprint density at radius 2 is 1.94 bits per heavy atom. The smallest absolute Gasteiger partial charge is 0.300 e. The third-order valence-corrected chi connectivity index (χ3v) is 6.21. The molecule has 1 atom stereocenters. The number of hydrogen-bond acceptors (Lipinski definition) is 7. The van der Waals surface area contributed by atoms with E-state index in [1.165, 1.54) is 0 Å². The topological polar surface area (TPSA) is 112 Å². The van der Waals surface area contributed by atoms with Gasteiger partial charge < -0.3 is 0 Å². The van der Waals surface area contributed by atoms with Crippen LogP contribution in [0.25, 0.3) is 0 Å². The van der Waals surface area contributed by atoms with Gasteiger partial charge in [-0.25, -0.2) is 13.0 Å². The third kappa shape index (κ3) is 12.9. The Hall–Kier alpha value is -1.47. The van der Waals surface area contributed by atoms with Gasteiger partial charge in [-0.3, -0.25) is 25.0 Å². The lowest BCUT2D eigenvalue weighted by atomic mass is 10.1. The van der Waals surface area contributed by atoms with Gasteiger partial charge in [-0.2, -0.15) is 24.9 Å². The summed E-state index contributed by atoms with van der Waals surface area (Å²) >= 11 is 0.822. The SMILES string of the molecule is CS(=O)(=O)CC(=O)NC(=O)[C@H](CCCSCC(=O)C(F)(F)F)NCC[N+]1=CCCCC1. The van der Waals surface area contributed by atoms with Crippen LogP contribution < -0.4 is 10.6 Å². The number of nitrogens with one attached hydrogen (secondary N) is 2. The van der Waals surface area contributed by atoms with Crippen molar-refractivity contribution in [3.63, 3.8) is 0 Å². The van der Waals surface area contributed by atoms with Gasteiger partial charge in [0.05, 0.1) is 18.3 Å². The van der Waals surface area contributed by atoms with Gasteiger partial charge in [-0.1, -0.05) is 0 Å². The van der Waals surface area contributed by atoms with Crippen LogP contribution in [-0.2, 0) is 24.2 Å². The molecule has 1 rings (SSSR count). The van der Waals surface area contributed by atoms with Gasteiger partial charge in [-0.15, -0.1) is 0 Å². The molecule has 2 amide bonds. The molecule has 0 saturated heterocycles. The van der Waals surface area contributed by atoms with Crippen molar-refractivity contribution in [3.8, 4) is 0 Å². The van der Waals surface area contributed by atoms with Crippen molar-refractivity contribution in [1.82, 2.24) is 10.6 Å². The maximum Gasteiger partial charge on any atom is 0.450 e. The Kier molecular flexibility index (Phi) is 11.7. The zero-order valence-corrected chi connectivity index (χ0v) is 19.0. The van der Waals surface area contributed by atoms with Gasteiger partial charge in [0.25, 0.3) is 0 Å². The zero-order valence-electron chi connectivity index (χ0n) is 17.4. The molecule has 1 aliphatic rings. The first-order chi connectivity index (χ1) is 14.4. The summed E-state index contributed by atoms with van der Waals surface area (Å²) in [5.41, 5.74) is 0. The Labute approximate surface area is 184 Å². The lowest BCUT2D eigenvalue weighted by Gasteiger charge is -2.18. The fraction of sp³-hybridized carbons (Fsp3) is 0.778. The van der Waals surface area contributed by atoms with Gasteiger partial charge in [-0.05, 0) is 25.0 Å². The average molecular weight is 489 g/mol. The maximum atomic E-state index is 12.4. The summed E-state index contributed by atoms with van der Waals surface area (Å²) in [7, 11) is -3.59. The molecule has 1 aliphatic heterocycles. The van der Waals surface area contributed by atoms with Gasteiger partial charge in [0, 0.05) is 19.1 Å². The number of ketones is 1. The zero-order chi connectivity index (χ0) is 23.5. The van der Waals surface area contributed by atoms with Crippen LogP contribution in [0.1, 0.15) is 32.1 Å². The number of sulfone groups is 1. The number of halogens is 3. The van der Waals surface area contributed by atoms with Crippen molar-refractivity contribution in [2.45, 2.75) is 44.3 Å². The molecule has 0 spiro atoms. The summed E-state index contributed by atoms with van der Waals surface area (Å²) in [4.78, 5) is 35.0. The Morgan fingerprint density at radius 3 is 2.52 bits per heavy atom. The first-order valence-electron chi connectivity index (χ1n) is 9.88. The van der Waals surface area contributed by atoms with E-state index in [4.69, 9.17) is 0 Å². The summed E-state index contributed by atoms with van der Waals surface area (Å²) in [6.45, 7) is 2.00. The van der Waals surface area contributed by atoms with E-state index in [2.05, 4.69) is 21.4 Å². The second-order valence-electron chi connectivity index (χ2n) is 7.32. The molecule has 1 heterocycles. The Bertz CT molecular complexity index is 770. The lowest BCUT2D eigenvalue weighted by molar-refractivity contribution is -0.526. The Morgan fingerprint density at radius 1 is 1.23 bits per heavy atom. The number of imide groups is 1. The molecule has 0 saturated carbocycles. The summed E-state index contributed by atoms with van der Waals surface area (Å²) in [5.74, 6) is -4.71. The van der Waals surface area contributed by atoms with Crippen molar-refractivity contribution in [2.24, 2.45) is 0 Å². The van der Waals surface area contributed by atoms with Crippen LogP contribution in [0.3, 0.4) is 0 Å². The van der Waals surface area contributed by atoms with E-state index in [0.717, 1.165) is 43.8 Å². The van der Waals surface area contributed by atoms with Gasteiger partial charge >= 0.3 is 6.18 Å². The van der Waals surface area contributed by atoms with Crippen molar-refractivity contribution in [1.29, 1.82) is 0 Å². The summed E-state index contributed by atoms with van der Waals surface area (Å²) < 4.78 is 61.2. The van der Waals surface area contributed by atoms with Crippen LogP contribution in [0, 0.1) is 0 Å². The average Bonchev–Trinajstić information content (AvgIpc) is 2.64. The molecule has 0 aromatic heterocycles. The monoisotopic (exact) mass is 488 g/mol. The molecule has 13 heteroatoms. The number of amides is 2. The van der Waals surface area contributed by atoms with Gasteiger partial charge in [0.15, 0.2) is 16.4 Å². The molecule has 8 nitrogen and oxygen atoms in total. The first kappa shape index (κ1) is 27.6. The molecule has 0 aromatic carbocycles. The molecule has 31 heavy (non-hydrogen) atoms. The fourth-order valence-electron chi connectivity index (χ4n) is 2.87. The highest BCUT2D eigenvalue weighted by molar-refractivity contribution is 7.99. The summed E-state index contributed by atoms with van der Waals surface area (Å²) in [6.07, 6.45) is 1.85. The lowest BCUT2D eigenvalue weighted by Crippen LogP contribution is -2.49. The van der Waals surface area contributed by atoms with E-state index < -0.39 is 51.2 Å². The van der Waals surface area contributed by atoms with Crippen molar-refractivity contribution in [3.05, 3.63) is 0 Å². The molecule has 2 N–H and O–H groups in total. The standard InChI is InChI=1S/C18H28F3N3O5S2/c1-31(28,29)13-16(26)23-17(27)14(22-7-10-24-8-3-2-4-9-24)6-5-11-30-12-15(25)18(19,20)21/h8,14,22H,2-7,9-13H2,1H3/p+1/t14-/m0/s1. The molecular formula is C18H29F3N3O5S2+. The molecule has 0 fully saturated rings. The minimum Gasteiger partial charge on any atom is -0.300 e. The maximum absolute atomic E-state index is 12.4. The highest BCUT2D eigenvalue weighted by atomic mass is 32.2. The number of Topliss-reactive ketones (excluding diaryl/α,β-unsaturated/α-hetero) is 1. The quantitative estimate of drug-likeness (QED) is 0.288. The number of carbonyl (C=O) groups excluding carboxylic acids is 3. The van der Waals surface area contributed by atoms with Crippen molar-refractivity contribution in [2.75, 3.05) is 43.1 Å². The van der Waals surface area contributed by atoms with E-state index in [9.17, 15) is 36.0 Å². The van der Waals surface area contributed by atoms with Crippen molar-refractivity contribution < 1.29 is 40.5 Å². The summed E-state index contributed by atoms with van der Waals surface area (Å²) in [6, 6.07) is -0.813. The van der Waals surface area contributed by atoms with E-state index in [1.54, 1.807) is 0 Å². The van der Waals surface area contributed by atoms with Crippen LogP contribution in [0.5, 0.6) is 0 Å². The molecule has 0 unspecified atom stereocenters. The first-order valence-corrected chi connectivity index (χ1v) is 13.1. The van der Waals surface area contributed by atoms with Crippen LogP contribution in [0.4, 0.5) is 13.2 Å². The van der Waals surface area contributed by atoms with E-state index in [0.29, 0.717) is 19.5 Å². The predicted molar refractivity (Wildman–Crippen MR) is 112 cm³/mol. The number of alkyl halides is 3. The van der Waals surface area contributed by atoms with E-state index >= 15 is 0 Å². The van der Waals surface area contributed by atoms with Gasteiger partial charge in [0.2, 0.25) is 17.6 Å². The van der Waals surface area contributed by atoms with Crippen LogP contribution in [-0.4, -0.2) is 92.2 Å². The van der Waals surface area contributed by atoms with Crippen LogP contribution in [0.15, 0.2) is 0 Å². The highest BCUT2D eigenvalue weighted by Crippen LogP contribution is 2.19. The van der Waals surface area contributed by atoms with E-state index in [1.807, 2.05) is 0 Å². The molecule has 0 aromatic rings. The fourth-order valence-corrected chi connectivity index (χ4v) is 4.28. The predicted octanol–water partition coefficient (Wildman–Crippen LogP) is 0.544. The molecule has 0 bridgehead atoms. The van der Waals surface area contributed by atoms with Crippen LogP contribution >= 0.6 is 11.8 Å². The highest BCUT2D eigenvalue weighted by Gasteiger charge is 2.37. The minimum atomic E-state index is -4.86. The van der Waals surface area contributed by atoms with Crippen LogP contribution in [0.2, 0.25) is 0 Å². The molecule has 0 radical (unpaired) electrons. The normalized spacial score (nSPS) is 15.8. The number of thioether (sulfide) groups is 1. The second-order valence-corrected chi connectivity index (χ2v) is 10.6. The molecule has 178 valence electrons. The minimum absolute atomic E-state index is 0.217. The molecular weight excluding hydrogens is 459 g/mol.